The van der Waals surface area contributed by atoms with Crippen molar-refractivity contribution in [3.63, 3.8) is 0 Å². The molecule has 1 atom stereocenters. The highest BCUT2D eigenvalue weighted by molar-refractivity contribution is 5.96. The Bertz CT molecular complexity index is 817. The van der Waals surface area contributed by atoms with Crippen LogP contribution in [0.4, 0.5) is 0 Å². The second kappa shape index (κ2) is 9.96. The molecule has 2 rings (SSSR count). The van der Waals surface area contributed by atoms with Crippen LogP contribution in [0, 0.1) is 0 Å². The molecule has 0 aliphatic rings. The number of hydrazine groups is 1. The quantitative estimate of drug-likeness (QED) is 0.630. The number of benzene rings is 2. The molecule has 148 valence electrons. The van der Waals surface area contributed by atoms with E-state index >= 15 is 0 Å². The molecule has 8 nitrogen and oxygen atoms in total. The molecule has 0 spiro atoms. The Labute approximate surface area is 163 Å². The van der Waals surface area contributed by atoms with E-state index in [1.807, 2.05) is 30.3 Å². The molecule has 0 aliphatic carbocycles. The van der Waals surface area contributed by atoms with Gasteiger partial charge in [0.1, 0.15) is 11.5 Å². The van der Waals surface area contributed by atoms with Gasteiger partial charge in [0, 0.05) is 18.6 Å². The van der Waals surface area contributed by atoms with Crippen molar-refractivity contribution in [2.24, 2.45) is 0 Å². The highest BCUT2D eigenvalue weighted by Gasteiger charge is 2.18. The summed E-state index contributed by atoms with van der Waals surface area (Å²) in [5.41, 5.74) is 5.76. The van der Waals surface area contributed by atoms with Crippen molar-refractivity contribution in [3.8, 4) is 11.5 Å². The molecule has 0 aromatic heterocycles. The number of rotatable bonds is 7. The van der Waals surface area contributed by atoms with Gasteiger partial charge in [-0.15, -0.1) is 0 Å². The normalized spacial score (nSPS) is 11.1. The standard InChI is InChI=1S/C20H23N3O5/c1-13(24)21-18(14-7-5-4-6-8-14)12-19(25)22-23-20(26)15-9-16(27-2)11-17(10-15)28-3/h4-11,18H,12H2,1-3H3,(H,21,24)(H,22,25)(H,23,26)/t18-/m1/s1. The Morgan fingerprint density at radius 3 is 2.07 bits per heavy atom. The molecule has 0 saturated heterocycles. The Morgan fingerprint density at radius 1 is 0.929 bits per heavy atom. The SMILES string of the molecule is COc1cc(OC)cc(C(=O)NNC(=O)C[C@@H](NC(C)=O)c2ccccc2)c1. The van der Waals surface area contributed by atoms with Crippen molar-refractivity contribution >= 4 is 17.7 Å². The number of methoxy groups -OCH3 is 2. The lowest BCUT2D eigenvalue weighted by Gasteiger charge is -2.18. The summed E-state index contributed by atoms with van der Waals surface area (Å²) in [4.78, 5) is 36.0. The van der Waals surface area contributed by atoms with Gasteiger partial charge >= 0.3 is 0 Å². The van der Waals surface area contributed by atoms with E-state index in [2.05, 4.69) is 16.2 Å². The van der Waals surface area contributed by atoms with Gasteiger partial charge in [-0.1, -0.05) is 30.3 Å². The summed E-state index contributed by atoms with van der Waals surface area (Å²) in [6, 6.07) is 13.3. The van der Waals surface area contributed by atoms with Gasteiger partial charge < -0.3 is 14.8 Å². The number of ether oxygens (including phenoxy) is 2. The van der Waals surface area contributed by atoms with E-state index in [1.54, 1.807) is 6.07 Å². The van der Waals surface area contributed by atoms with Crippen molar-refractivity contribution < 1.29 is 23.9 Å². The van der Waals surface area contributed by atoms with Crippen LogP contribution in [0.5, 0.6) is 11.5 Å². The number of nitrogens with one attached hydrogen (secondary N) is 3. The zero-order valence-electron chi connectivity index (χ0n) is 15.9. The molecular formula is C20H23N3O5. The van der Waals surface area contributed by atoms with Gasteiger partial charge in [0.15, 0.2) is 0 Å². The molecule has 0 saturated carbocycles. The van der Waals surface area contributed by atoms with Crippen molar-refractivity contribution in [1.82, 2.24) is 16.2 Å². The summed E-state index contributed by atoms with van der Waals surface area (Å²) in [5.74, 6) is -0.336. The maximum Gasteiger partial charge on any atom is 0.269 e. The lowest BCUT2D eigenvalue weighted by atomic mass is 10.0. The minimum absolute atomic E-state index is 0.0364. The minimum Gasteiger partial charge on any atom is -0.497 e. The maximum absolute atomic E-state index is 12.3. The molecule has 8 heteroatoms. The average Bonchev–Trinajstić information content (AvgIpc) is 2.71. The summed E-state index contributed by atoms with van der Waals surface area (Å²) in [5, 5.41) is 2.73. The molecule has 0 heterocycles. The summed E-state index contributed by atoms with van der Waals surface area (Å²) < 4.78 is 10.2. The van der Waals surface area contributed by atoms with Crippen molar-refractivity contribution in [2.75, 3.05) is 14.2 Å². The lowest BCUT2D eigenvalue weighted by molar-refractivity contribution is -0.123. The number of hydrogen-bond acceptors (Lipinski definition) is 5. The fourth-order valence-corrected chi connectivity index (χ4v) is 2.56. The summed E-state index contributed by atoms with van der Waals surface area (Å²) in [6.45, 7) is 1.38. The van der Waals surface area contributed by atoms with Crippen LogP contribution in [0.15, 0.2) is 48.5 Å². The number of carbonyl (C=O) groups is 3. The van der Waals surface area contributed by atoms with Crippen LogP contribution in [-0.2, 0) is 9.59 Å². The van der Waals surface area contributed by atoms with Crippen LogP contribution in [0.25, 0.3) is 0 Å². The largest absolute Gasteiger partial charge is 0.497 e. The van der Waals surface area contributed by atoms with E-state index in [-0.39, 0.29) is 17.9 Å². The molecule has 0 fully saturated rings. The van der Waals surface area contributed by atoms with Gasteiger partial charge in [-0.25, -0.2) is 0 Å². The topological polar surface area (TPSA) is 106 Å². The number of carbonyl (C=O) groups excluding carboxylic acids is 3. The van der Waals surface area contributed by atoms with Crippen LogP contribution in [-0.4, -0.2) is 31.9 Å². The molecule has 0 radical (unpaired) electrons. The minimum atomic E-state index is -0.527. The Morgan fingerprint density at radius 2 is 1.54 bits per heavy atom. The van der Waals surface area contributed by atoms with Crippen LogP contribution in [0.2, 0.25) is 0 Å². The third-order valence-corrected chi connectivity index (χ3v) is 3.90. The smallest absolute Gasteiger partial charge is 0.269 e. The molecule has 0 unspecified atom stereocenters. The highest BCUT2D eigenvalue weighted by atomic mass is 16.5. The van der Waals surface area contributed by atoms with Gasteiger partial charge in [0.05, 0.1) is 26.7 Å². The van der Waals surface area contributed by atoms with Gasteiger partial charge in [0.25, 0.3) is 5.91 Å². The first kappa shape index (κ1) is 20.8. The van der Waals surface area contributed by atoms with Gasteiger partial charge in [-0.3, -0.25) is 25.2 Å². The Balaban J connectivity index is 2.00. The number of amides is 3. The molecule has 0 bridgehead atoms. The molecule has 0 aliphatic heterocycles. The monoisotopic (exact) mass is 385 g/mol. The predicted octanol–water partition coefficient (Wildman–Crippen LogP) is 1.73. The summed E-state index contributed by atoms with van der Waals surface area (Å²) in [6.07, 6.45) is -0.0364. The van der Waals surface area contributed by atoms with Crippen LogP contribution in [0.1, 0.15) is 35.3 Å². The molecule has 3 N–H and O–H groups in total. The predicted molar refractivity (Wildman–Crippen MR) is 103 cm³/mol. The lowest BCUT2D eigenvalue weighted by Crippen LogP contribution is -2.43. The fraction of sp³-hybridized carbons (Fsp3) is 0.250. The van der Waals surface area contributed by atoms with E-state index < -0.39 is 17.9 Å². The van der Waals surface area contributed by atoms with E-state index in [0.29, 0.717) is 11.5 Å². The van der Waals surface area contributed by atoms with Gasteiger partial charge in [0.2, 0.25) is 11.8 Å². The van der Waals surface area contributed by atoms with Crippen LogP contribution >= 0.6 is 0 Å². The van der Waals surface area contributed by atoms with E-state index in [4.69, 9.17) is 9.47 Å². The molecule has 2 aromatic carbocycles. The first-order chi connectivity index (χ1) is 13.4. The second-order valence-corrected chi connectivity index (χ2v) is 5.97. The van der Waals surface area contributed by atoms with Crippen molar-refractivity contribution in [3.05, 3.63) is 59.7 Å². The zero-order chi connectivity index (χ0) is 20.5. The Hall–Kier alpha value is -3.55. The highest BCUT2D eigenvalue weighted by Crippen LogP contribution is 2.22. The van der Waals surface area contributed by atoms with E-state index in [1.165, 1.54) is 33.3 Å². The summed E-state index contributed by atoms with van der Waals surface area (Å²) >= 11 is 0. The van der Waals surface area contributed by atoms with E-state index in [0.717, 1.165) is 5.56 Å². The molecule has 3 amide bonds. The second-order valence-electron chi connectivity index (χ2n) is 5.97. The molecule has 2 aromatic rings. The zero-order valence-corrected chi connectivity index (χ0v) is 15.9. The van der Waals surface area contributed by atoms with Crippen LogP contribution < -0.4 is 25.6 Å². The van der Waals surface area contributed by atoms with Crippen molar-refractivity contribution in [1.29, 1.82) is 0 Å². The molecular weight excluding hydrogens is 362 g/mol. The maximum atomic E-state index is 12.3. The van der Waals surface area contributed by atoms with Crippen LogP contribution in [0.3, 0.4) is 0 Å². The fourth-order valence-electron chi connectivity index (χ4n) is 2.56. The third-order valence-electron chi connectivity index (χ3n) is 3.90. The third kappa shape index (κ3) is 6.01. The number of hydrogen-bond donors (Lipinski definition) is 3. The van der Waals surface area contributed by atoms with Gasteiger partial charge in [-0.2, -0.15) is 0 Å². The summed E-state index contributed by atoms with van der Waals surface area (Å²) in [7, 11) is 2.95. The first-order valence-electron chi connectivity index (χ1n) is 8.57. The van der Waals surface area contributed by atoms with Crippen molar-refractivity contribution in [2.45, 2.75) is 19.4 Å². The first-order valence-corrected chi connectivity index (χ1v) is 8.57. The van der Waals surface area contributed by atoms with Gasteiger partial charge in [-0.05, 0) is 17.7 Å². The molecule has 28 heavy (non-hydrogen) atoms. The Kier molecular flexibility index (Phi) is 7.38. The average molecular weight is 385 g/mol. The van der Waals surface area contributed by atoms with E-state index in [9.17, 15) is 14.4 Å².